The van der Waals surface area contributed by atoms with E-state index in [0.717, 1.165) is 6.07 Å². The summed E-state index contributed by atoms with van der Waals surface area (Å²) in [6, 6.07) is 6.04. The first-order valence-corrected chi connectivity index (χ1v) is 9.96. The van der Waals surface area contributed by atoms with E-state index >= 15 is 0 Å². The Bertz CT molecular complexity index is 1080. The fourth-order valence-corrected chi connectivity index (χ4v) is 3.89. The van der Waals surface area contributed by atoms with Crippen LogP contribution in [0.4, 0.5) is 13.2 Å². The summed E-state index contributed by atoms with van der Waals surface area (Å²) < 4.78 is 75.6. The third-order valence-corrected chi connectivity index (χ3v) is 6.00. The van der Waals surface area contributed by atoms with Crippen molar-refractivity contribution in [2.75, 3.05) is 13.7 Å². The molecular weight excluding hydrogens is 411 g/mol. The van der Waals surface area contributed by atoms with Gasteiger partial charge >= 0.3 is 6.36 Å². The molecule has 0 saturated heterocycles. The van der Waals surface area contributed by atoms with Gasteiger partial charge < -0.3 is 9.47 Å². The molecule has 1 aliphatic heterocycles. The molecule has 156 valence electrons. The van der Waals surface area contributed by atoms with Crippen LogP contribution >= 0.6 is 0 Å². The molecule has 3 rings (SSSR count). The lowest BCUT2D eigenvalue weighted by Gasteiger charge is -2.19. The maximum atomic E-state index is 12.9. The predicted octanol–water partition coefficient (Wildman–Crippen LogP) is 3.64. The van der Waals surface area contributed by atoms with Gasteiger partial charge in [0, 0.05) is 27.7 Å². The molecule has 1 aliphatic rings. The van der Waals surface area contributed by atoms with E-state index in [-0.39, 0.29) is 33.9 Å². The van der Waals surface area contributed by atoms with Gasteiger partial charge in [0.15, 0.2) is 0 Å². The molecule has 6 nitrogen and oxygen atoms in total. The zero-order valence-corrected chi connectivity index (χ0v) is 16.6. The van der Waals surface area contributed by atoms with Crippen molar-refractivity contribution < 1.29 is 35.9 Å². The van der Waals surface area contributed by atoms with Gasteiger partial charge in [-0.2, -0.15) is 0 Å². The minimum Gasteiger partial charge on any atom is -0.492 e. The Hall–Kier alpha value is -2.59. The molecule has 0 unspecified atom stereocenters. The third-order valence-electron chi connectivity index (χ3n) is 4.60. The lowest BCUT2D eigenvalue weighted by Crippen LogP contribution is -2.21. The number of benzene rings is 2. The molecule has 0 radical (unpaired) electrons. The highest BCUT2D eigenvalue weighted by Crippen LogP contribution is 2.48. The quantitative estimate of drug-likeness (QED) is 0.734. The molecule has 0 bridgehead atoms. The van der Waals surface area contributed by atoms with Crippen molar-refractivity contribution in [2.45, 2.75) is 30.5 Å². The van der Waals surface area contributed by atoms with E-state index < -0.39 is 27.6 Å². The number of halogens is 3. The van der Waals surface area contributed by atoms with E-state index in [2.05, 4.69) is 9.46 Å². The Labute approximate surface area is 165 Å². The van der Waals surface area contributed by atoms with Crippen molar-refractivity contribution in [1.29, 1.82) is 0 Å². The second-order valence-electron chi connectivity index (χ2n) is 7.15. The monoisotopic (exact) mass is 429 g/mol. The van der Waals surface area contributed by atoms with E-state index in [1.807, 2.05) is 13.8 Å². The second kappa shape index (κ2) is 7.03. The van der Waals surface area contributed by atoms with Gasteiger partial charge in [0.25, 0.3) is 0 Å². The van der Waals surface area contributed by atoms with E-state index in [1.54, 1.807) is 0 Å². The van der Waals surface area contributed by atoms with E-state index in [9.17, 15) is 26.4 Å². The molecule has 0 amide bonds. The largest absolute Gasteiger partial charge is 0.573 e. The highest BCUT2D eigenvalue weighted by atomic mass is 32.2. The summed E-state index contributed by atoms with van der Waals surface area (Å²) in [5.74, 6) is -0.322. The minimum atomic E-state index is -4.98. The van der Waals surface area contributed by atoms with Crippen molar-refractivity contribution >= 4 is 16.3 Å². The average Bonchev–Trinajstić information content (AvgIpc) is 2.95. The lowest BCUT2D eigenvalue weighted by molar-refractivity contribution is -0.274. The lowest BCUT2D eigenvalue weighted by atomic mass is 9.85. The van der Waals surface area contributed by atoms with Gasteiger partial charge in [0.1, 0.15) is 17.8 Å². The molecule has 0 spiro atoms. The van der Waals surface area contributed by atoms with E-state index in [4.69, 9.17) is 4.74 Å². The average molecular weight is 429 g/mol. The highest BCUT2D eigenvalue weighted by Gasteiger charge is 2.37. The van der Waals surface area contributed by atoms with Crippen molar-refractivity contribution in [3.8, 4) is 22.6 Å². The predicted molar refractivity (Wildman–Crippen MR) is 98.7 cm³/mol. The SMILES string of the molecule is CNS(=O)(=O)c1cc(-c2cc(C=O)ccc2OC(F)(F)F)c2c(c1)C(C)(C)CO2. The van der Waals surface area contributed by atoms with Crippen molar-refractivity contribution in [1.82, 2.24) is 4.72 Å². The Morgan fingerprint density at radius 2 is 1.86 bits per heavy atom. The summed E-state index contributed by atoms with van der Waals surface area (Å²) in [4.78, 5) is 11.1. The van der Waals surface area contributed by atoms with Gasteiger partial charge in [-0.05, 0) is 37.4 Å². The van der Waals surface area contributed by atoms with Gasteiger partial charge in [-0.15, -0.1) is 13.2 Å². The molecule has 29 heavy (non-hydrogen) atoms. The Morgan fingerprint density at radius 3 is 2.45 bits per heavy atom. The normalized spacial score (nSPS) is 15.5. The summed E-state index contributed by atoms with van der Waals surface area (Å²) in [5.41, 5.74) is 0.0380. The molecule has 1 heterocycles. The maximum absolute atomic E-state index is 12.9. The van der Waals surface area contributed by atoms with Gasteiger partial charge in [-0.3, -0.25) is 4.79 Å². The molecule has 0 aromatic heterocycles. The number of rotatable bonds is 5. The van der Waals surface area contributed by atoms with Crippen molar-refractivity contribution in [3.05, 3.63) is 41.5 Å². The molecule has 10 heteroatoms. The minimum absolute atomic E-state index is 0.0878. The summed E-state index contributed by atoms with van der Waals surface area (Å²) in [7, 11) is -2.67. The third kappa shape index (κ3) is 4.08. The standard InChI is InChI=1S/C19H18F3NO5S/c1-18(2)10-27-17-14(7-12(8-15(17)18)29(25,26)23-3)13-6-11(9-24)4-5-16(13)28-19(20,21)22/h4-9,23H,10H2,1-3H3. The molecular formula is C19H18F3NO5S. The van der Waals surface area contributed by atoms with Gasteiger partial charge in [0.2, 0.25) is 10.0 Å². The molecule has 1 N–H and O–H groups in total. The van der Waals surface area contributed by atoms with Crippen LogP contribution in [-0.2, 0) is 15.4 Å². The highest BCUT2D eigenvalue weighted by molar-refractivity contribution is 7.89. The Balaban J connectivity index is 2.35. The Morgan fingerprint density at radius 1 is 1.17 bits per heavy atom. The second-order valence-corrected chi connectivity index (χ2v) is 9.04. The van der Waals surface area contributed by atoms with Crippen molar-refractivity contribution in [2.24, 2.45) is 0 Å². The van der Waals surface area contributed by atoms with Crippen LogP contribution in [0.1, 0.15) is 29.8 Å². The van der Waals surface area contributed by atoms with Crippen LogP contribution in [0.3, 0.4) is 0 Å². The molecule has 0 aliphatic carbocycles. The molecule has 0 saturated carbocycles. The van der Waals surface area contributed by atoms with Crippen LogP contribution in [0.25, 0.3) is 11.1 Å². The number of alkyl halides is 3. The number of sulfonamides is 1. The number of ether oxygens (including phenoxy) is 2. The first-order valence-electron chi connectivity index (χ1n) is 8.48. The molecule has 0 atom stereocenters. The van der Waals surface area contributed by atoms with E-state index in [0.29, 0.717) is 11.8 Å². The topological polar surface area (TPSA) is 81.7 Å². The fourth-order valence-electron chi connectivity index (χ4n) is 3.11. The van der Waals surface area contributed by atoms with Gasteiger partial charge in [-0.1, -0.05) is 13.8 Å². The number of hydrogen-bond acceptors (Lipinski definition) is 5. The number of carbonyl (C=O) groups is 1. The number of nitrogens with one attached hydrogen (secondary N) is 1. The summed E-state index contributed by atoms with van der Waals surface area (Å²) >= 11 is 0. The maximum Gasteiger partial charge on any atom is 0.573 e. The summed E-state index contributed by atoms with van der Waals surface area (Å²) in [6.07, 6.45) is -4.50. The smallest absolute Gasteiger partial charge is 0.492 e. The number of hydrogen-bond donors (Lipinski definition) is 1. The van der Waals surface area contributed by atoms with Crippen LogP contribution in [0.15, 0.2) is 35.2 Å². The van der Waals surface area contributed by atoms with E-state index in [1.165, 1.54) is 31.3 Å². The first kappa shape index (κ1) is 21.1. The zero-order chi connectivity index (χ0) is 21.6. The number of aldehydes is 1. The van der Waals surface area contributed by atoms with Gasteiger partial charge in [0.05, 0.1) is 11.5 Å². The van der Waals surface area contributed by atoms with Crippen LogP contribution in [0, 0.1) is 0 Å². The zero-order valence-electron chi connectivity index (χ0n) is 15.8. The fraction of sp³-hybridized carbons (Fsp3) is 0.316. The van der Waals surface area contributed by atoms with Crippen LogP contribution in [0.2, 0.25) is 0 Å². The van der Waals surface area contributed by atoms with Crippen LogP contribution in [0.5, 0.6) is 11.5 Å². The first-order chi connectivity index (χ1) is 13.4. The summed E-state index contributed by atoms with van der Waals surface area (Å²) in [5, 5.41) is 0. The number of fused-ring (bicyclic) bond motifs is 1. The number of carbonyl (C=O) groups excluding carboxylic acids is 1. The Kier molecular flexibility index (Phi) is 5.12. The van der Waals surface area contributed by atoms with Crippen LogP contribution < -0.4 is 14.2 Å². The van der Waals surface area contributed by atoms with Crippen LogP contribution in [-0.4, -0.2) is 34.7 Å². The van der Waals surface area contributed by atoms with Crippen molar-refractivity contribution in [3.63, 3.8) is 0 Å². The molecule has 2 aromatic rings. The molecule has 2 aromatic carbocycles. The summed E-state index contributed by atoms with van der Waals surface area (Å²) in [6.45, 7) is 3.86. The molecule has 0 fully saturated rings. The van der Waals surface area contributed by atoms with Gasteiger partial charge in [-0.25, -0.2) is 13.1 Å².